The van der Waals surface area contributed by atoms with Crippen LogP contribution in [0.25, 0.3) is 0 Å². The minimum Gasteiger partial charge on any atom is -0.461 e. The van der Waals surface area contributed by atoms with Crippen LogP contribution in [0.4, 0.5) is 0 Å². The summed E-state index contributed by atoms with van der Waals surface area (Å²) >= 11 is 5.15. The van der Waals surface area contributed by atoms with Crippen LogP contribution in [0.3, 0.4) is 0 Å². The molecule has 2 unspecified atom stereocenters. The zero-order valence-electron chi connectivity index (χ0n) is 15.3. The average Bonchev–Trinajstić information content (AvgIpc) is 3.07. The fourth-order valence-electron chi connectivity index (χ4n) is 3.80. The maximum Gasteiger partial charge on any atom is 0.330 e. The van der Waals surface area contributed by atoms with E-state index in [1.807, 2.05) is 43.0 Å². The third-order valence-electron chi connectivity index (χ3n) is 5.04. The molecule has 3 rings (SSSR count). The molecule has 1 aliphatic carbocycles. The van der Waals surface area contributed by atoms with Crippen molar-refractivity contribution in [1.29, 1.82) is 0 Å². The van der Waals surface area contributed by atoms with Crippen molar-refractivity contribution in [3.05, 3.63) is 34.3 Å². The molecule has 2 aliphatic rings. The van der Waals surface area contributed by atoms with Gasteiger partial charge in [-0.15, -0.1) is 11.8 Å². The number of carbonyl (C=O) groups excluding carboxylic acids is 2. The number of hydrogen-bond acceptors (Lipinski definition) is 4. The average molecular weight is 440 g/mol. The first-order valence-corrected chi connectivity index (χ1v) is 11.2. The lowest BCUT2D eigenvalue weighted by atomic mass is 9.88. The van der Waals surface area contributed by atoms with Crippen LogP contribution in [0.1, 0.15) is 56.3 Å². The number of amides is 1. The van der Waals surface area contributed by atoms with Crippen molar-refractivity contribution in [2.24, 2.45) is 5.92 Å². The van der Waals surface area contributed by atoms with Crippen LogP contribution in [0.2, 0.25) is 0 Å². The maximum absolute atomic E-state index is 13.3. The molecule has 2 atom stereocenters. The van der Waals surface area contributed by atoms with Gasteiger partial charge >= 0.3 is 5.97 Å². The van der Waals surface area contributed by atoms with Gasteiger partial charge in [0.2, 0.25) is 0 Å². The van der Waals surface area contributed by atoms with Crippen molar-refractivity contribution in [2.45, 2.75) is 63.5 Å². The lowest BCUT2D eigenvalue weighted by Gasteiger charge is -2.35. The molecular weight excluding hydrogens is 414 g/mol. The molecule has 26 heavy (non-hydrogen) atoms. The van der Waals surface area contributed by atoms with E-state index in [9.17, 15) is 9.59 Å². The molecule has 0 bridgehead atoms. The van der Waals surface area contributed by atoms with Crippen LogP contribution >= 0.6 is 27.7 Å². The number of benzene rings is 1. The number of esters is 1. The second kappa shape index (κ2) is 8.79. The monoisotopic (exact) mass is 439 g/mol. The van der Waals surface area contributed by atoms with Crippen molar-refractivity contribution in [1.82, 2.24) is 4.90 Å². The first kappa shape index (κ1) is 19.7. The summed E-state index contributed by atoms with van der Waals surface area (Å²) in [5, 5.41) is 0.0659. The van der Waals surface area contributed by atoms with Gasteiger partial charge in [-0.25, -0.2) is 4.79 Å². The Labute approximate surface area is 168 Å². The normalized spacial score (nSPS) is 24.1. The molecule has 1 heterocycles. The molecule has 0 aromatic heterocycles. The topological polar surface area (TPSA) is 46.6 Å². The van der Waals surface area contributed by atoms with Gasteiger partial charge in [0.25, 0.3) is 5.91 Å². The van der Waals surface area contributed by atoms with Crippen LogP contribution in [0.5, 0.6) is 0 Å². The fraction of sp³-hybridized carbons (Fsp3) is 0.600. The third kappa shape index (κ3) is 4.45. The Hall–Kier alpha value is -1.01. The molecule has 142 valence electrons. The first-order valence-electron chi connectivity index (χ1n) is 9.37. The number of hydrogen-bond donors (Lipinski definition) is 0. The predicted molar refractivity (Wildman–Crippen MR) is 108 cm³/mol. The first-order chi connectivity index (χ1) is 12.5. The van der Waals surface area contributed by atoms with Gasteiger partial charge in [-0.2, -0.15) is 0 Å². The van der Waals surface area contributed by atoms with Crippen molar-refractivity contribution in [3.63, 3.8) is 0 Å². The number of carbonyl (C=O) groups is 2. The SMILES string of the molecule is CC(C)OC(=O)C1CSC(C2CCCCC2)N1C(=O)c1ccc(Br)cc1. The van der Waals surface area contributed by atoms with E-state index in [2.05, 4.69) is 15.9 Å². The van der Waals surface area contributed by atoms with E-state index < -0.39 is 6.04 Å². The van der Waals surface area contributed by atoms with Crippen molar-refractivity contribution in [2.75, 3.05) is 5.75 Å². The number of ether oxygens (including phenoxy) is 1. The molecule has 2 fully saturated rings. The van der Waals surface area contributed by atoms with Gasteiger partial charge in [0.15, 0.2) is 0 Å². The van der Waals surface area contributed by atoms with Gasteiger partial charge in [-0.05, 0) is 56.9 Å². The van der Waals surface area contributed by atoms with E-state index in [1.54, 1.807) is 11.8 Å². The highest BCUT2D eigenvalue weighted by molar-refractivity contribution is 9.10. The largest absolute Gasteiger partial charge is 0.461 e. The standard InChI is InChI=1S/C20H26BrNO3S/c1-13(2)25-20(24)17-12-26-19(15-6-4-3-5-7-15)22(17)18(23)14-8-10-16(21)11-9-14/h8-11,13,15,17,19H,3-7,12H2,1-2H3. The van der Waals surface area contributed by atoms with E-state index in [0.29, 0.717) is 17.2 Å². The van der Waals surface area contributed by atoms with Gasteiger partial charge in [0.1, 0.15) is 6.04 Å². The molecule has 1 saturated carbocycles. The van der Waals surface area contributed by atoms with Gasteiger partial charge in [0, 0.05) is 15.8 Å². The van der Waals surface area contributed by atoms with Gasteiger partial charge < -0.3 is 9.64 Å². The molecule has 0 N–H and O–H groups in total. The second-order valence-corrected chi connectivity index (χ2v) is 9.41. The van der Waals surface area contributed by atoms with Crippen LogP contribution < -0.4 is 0 Å². The lowest BCUT2D eigenvalue weighted by Crippen LogP contribution is -2.49. The Morgan fingerprint density at radius 1 is 1.15 bits per heavy atom. The Morgan fingerprint density at radius 3 is 2.42 bits per heavy atom. The summed E-state index contributed by atoms with van der Waals surface area (Å²) in [4.78, 5) is 27.8. The summed E-state index contributed by atoms with van der Waals surface area (Å²) in [6, 6.07) is 6.88. The summed E-state index contributed by atoms with van der Waals surface area (Å²) in [6.45, 7) is 3.69. The Balaban J connectivity index is 1.86. The summed E-state index contributed by atoms with van der Waals surface area (Å²) in [7, 11) is 0. The molecule has 1 aliphatic heterocycles. The Bertz CT molecular complexity index is 643. The van der Waals surface area contributed by atoms with Crippen molar-refractivity contribution >= 4 is 39.6 Å². The molecular formula is C20H26BrNO3S. The molecule has 0 radical (unpaired) electrons. The van der Waals surface area contributed by atoms with E-state index >= 15 is 0 Å². The predicted octanol–water partition coefficient (Wildman–Crippen LogP) is 4.86. The molecule has 1 saturated heterocycles. The maximum atomic E-state index is 13.3. The minimum atomic E-state index is -0.495. The fourth-order valence-corrected chi connectivity index (χ4v) is 5.69. The van der Waals surface area contributed by atoms with E-state index in [1.165, 1.54) is 19.3 Å². The van der Waals surface area contributed by atoms with Gasteiger partial charge in [-0.1, -0.05) is 35.2 Å². The highest BCUT2D eigenvalue weighted by Crippen LogP contribution is 2.41. The Kier molecular flexibility index (Phi) is 6.67. The summed E-state index contributed by atoms with van der Waals surface area (Å²) in [5.41, 5.74) is 0.624. The van der Waals surface area contributed by atoms with Crippen molar-refractivity contribution in [3.8, 4) is 0 Å². The number of thioether (sulfide) groups is 1. The summed E-state index contributed by atoms with van der Waals surface area (Å²) in [6.07, 6.45) is 5.78. The van der Waals surface area contributed by atoms with Gasteiger partial charge in [0.05, 0.1) is 11.5 Å². The number of rotatable bonds is 4. The van der Waals surface area contributed by atoms with E-state index in [0.717, 1.165) is 17.3 Å². The van der Waals surface area contributed by atoms with Crippen LogP contribution in [0, 0.1) is 5.92 Å². The molecule has 6 heteroatoms. The molecule has 1 amide bonds. The highest BCUT2D eigenvalue weighted by Gasteiger charge is 2.46. The molecule has 0 spiro atoms. The second-order valence-electron chi connectivity index (χ2n) is 7.34. The Morgan fingerprint density at radius 2 is 1.81 bits per heavy atom. The summed E-state index contributed by atoms with van der Waals surface area (Å²) < 4.78 is 6.39. The van der Waals surface area contributed by atoms with E-state index in [4.69, 9.17) is 4.74 Å². The minimum absolute atomic E-state index is 0.0659. The smallest absolute Gasteiger partial charge is 0.330 e. The molecule has 1 aromatic rings. The quantitative estimate of drug-likeness (QED) is 0.627. The molecule has 4 nitrogen and oxygen atoms in total. The van der Waals surface area contributed by atoms with Crippen molar-refractivity contribution < 1.29 is 14.3 Å². The highest BCUT2D eigenvalue weighted by atomic mass is 79.9. The van der Waals surface area contributed by atoms with Crippen LogP contribution in [-0.4, -0.2) is 40.0 Å². The van der Waals surface area contributed by atoms with Gasteiger partial charge in [-0.3, -0.25) is 4.79 Å². The lowest BCUT2D eigenvalue weighted by molar-refractivity contribution is -0.152. The number of nitrogens with zero attached hydrogens (tertiary/aromatic N) is 1. The molecule has 1 aromatic carbocycles. The van der Waals surface area contributed by atoms with Crippen LogP contribution in [-0.2, 0) is 9.53 Å². The van der Waals surface area contributed by atoms with Crippen LogP contribution in [0.15, 0.2) is 28.7 Å². The third-order valence-corrected chi connectivity index (χ3v) is 7.03. The zero-order chi connectivity index (χ0) is 18.7. The number of halogens is 1. The van der Waals surface area contributed by atoms with E-state index in [-0.39, 0.29) is 23.4 Å². The zero-order valence-corrected chi connectivity index (χ0v) is 17.7. The summed E-state index contributed by atoms with van der Waals surface area (Å²) in [5.74, 6) is 0.736.